The molecule has 1 fully saturated rings. The van der Waals surface area contributed by atoms with Crippen LogP contribution >= 0.6 is 24.0 Å². The average Bonchev–Trinajstić information content (AvgIpc) is 2.98. The second-order valence-electron chi connectivity index (χ2n) is 6.20. The lowest BCUT2D eigenvalue weighted by atomic mass is 10.2. The molecule has 0 radical (unpaired) electrons. The molecule has 1 unspecified atom stereocenters. The highest BCUT2D eigenvalue weighted by molar-refractivity contribution is 14.0. The lowest BCUT2D eigenvalue weighted by Gasteiger charge is -2.17. The van der Waals surface area contributed by atoms with E-state index >= 15 is 0 Å². The first-order chi connectivity index (χ1) is 12.9. The molecule has 0 aliphatic carbocycles. The Morgan fingerprint density at radius 3 is 2.86 bits per heavy atom. The van der Waals surface area contributed by atoms with Gasteiger partial charge in [0, 0.05) is 37.5 Å². The van der Waals surface area contributed by atoms with E-state index in [0.29, 0.717) is 30.6 Å². The molecular formula is C18H22FIN4O3S. The Balaban J connectivity index is 0.00000280. The minimum absolute atomic E-state index is 0. The fourth-order valence-corrected chi connectivity index (χ4v) is 4.44. The summed E-state index contributed by atoms with van der Waals surface area (Å²) in [7, 11) is -1.35. The van der Waals surface area contributed by atoms with Gasteiger partial charge in [0.2, 0.25) is 5.88 Å². The number of nitrogens with one attached hydrogen (secondary N) is 2. The third-order valence-electron chi connectivity index (χ3n) is 4.10. The number of hydrogen-bond donors (Lipinski definition) is 2. The van der Waals surface area contributed by atoms with Gasteiger partial charge >= 0.3 is 0 Å². The van der Waals surface area contributed by atoms with Crippen LogP contribution in [0, 0.1) is 5.82 Å². The van der Waals surface area contributed by atoms with E-state index in [1.807, 2.05) is 6.07 Å². The Kier molecular flexibility index (Phi) is 7.98. The molecule has 1 aliphatic heterocycles. The maximum Gasteiger partial charge on any atom is 0.224 e. The zero-order chi connectivity index (χ0) is 19.3. The van der Waals surface area contributed by atoms with Crippen LogP contribution in [0.4, 0.5) is 4.39 Å². The molecule has 7 nitrogen and oxygen atoms in total. The van der Waals surface area contributed by atoms with Crippen LogP contribution in [-0.2, 0) is 16.4 Å². The first-order valence-electron chi connectivity index (χ1n) is 8.50. The number of pyridine rings is 1. The number of aliphatic imine (C=N–C) groups is 1. The van der Waals surface area contributed by atoms with Crippen LogP contribution < -0.4 is 15.4 Å². The highest BCUT2D eigenvalue weighted by Crippen LogP contribution is 2.23. The molecule has 2 heterocycles. The zero-order valence-electron chi connectivity index (χ0n) is 15.3. The molecule has 3 rings (SSSR count). The summed E-state index contributed by atoms with van der Waals surface area (Å²) in [6.45, 7) is 0.359. The molecule has 0 bridgehead atoms. The van der Waals surface area contributed by atoms with Crippen molar-refractivity contribution in [3.05, 3.63) is 54.0 Å². The third-order valence-corrected chi connectivity index (χ3v) is 5.87. The van der Waals surface area contributed by atoms with Crippen molar-refractivity contribution in [3.8, 4) is 11.6 Å². The molecule has 2 N–H and O–H groups in total. The Morgan fingerprint density at radius 2 is 2.18 bits per heavy atom. The molecule has 152 valence electrons. The maximum absolute atomic E-state index is 13.3. The number of sulfone groups is 1. The van der Waals surface area contributed by atoms with Crippen LogP contribution in [0.1, 0.15) is 12.0 Å². The van der Waals surface area contributed by atoms with Crippen molar-refractivity contribution in [2.24, 2.45) is 4.99 Å². The molecule has 1 saturated heterocycles. The van der Waals surface area contributed by atoms with Gasteiger partial charge in [-0.2, -0.15) is 0 Å². The van der Waals surface area contributed by atoms with Crippen LogP contribution in [0.25, 0.3) is 0 Å². The lowest BCUT2D eigenvalue weighted by molar-refractivity contribution is 0.450. The number of nitrogens with zero attached hydrogens (tertiary/aromatic N) is 2. The lowest BCUT2D eigenvalue weighted by Crippen LogP contribution is -2.43. The van der Waals surface area contributed by atoms with Crippen molar-refractivity contribution in [2.75, 3.05) is 18.6 Å². The molecule has 1 aliphatic rings. The van der Waals surface area contributed by atoms with Gasteiger partial charge in [-0.1, -0.05) is 12.1 Å². The second kappa shape index (κ2) is 10.0. The molecule has 1 atom stereocenters. The van der Waals surface area contributed by atoms with Gasteiger partial charge < -0.3 is 15.4 Å². The average molecular weight is 520 g/mol. The minimum Gasteiger partial charge on any atom is -0.439 e. The standard InChI is InChI=1S/C18H21FN4O3S.HI/c1-20-18(23-15-7-9-27(24,25)12-15)22-11-13-4-3-8-21-17(13)26-16-6-2-5-14(19)10-16;/h2-6,8,10,15H,7,9,11-12H2,1H3,(H2,20,22,23);1H. The van der Waals surface area contributed by atoms with Crippen LogP contribution in [0.15, 0.2) is 47.6 Å². The Hall–Kier alpha value is -1.95. The number of ether oxygens (including phenoxy) is 1. The zero-order valence-corrected chi connectivity index (χ0v) is 18.4. The maximum atomic E-state index is 13.3. The molecular weight excluding hydrogens is 498 g/mol. The van der Waals surface area contributed by atoms with Gasteiger partial charge in [-0.15, -0.1) is 24.0 Å². The quantitative estimate of drug-likeness (QED) is 0.358. The van der Waals surface area contributed by atoms with Crippen molar-refractivity contribution in [3.63, 3.8) is 0 Å². The first-order valence-corrected chi connectivity index (χ1v) is 10.3. The van der Waals surface area contributed by atoms with E-state index in [4.69, 9.17) is 4.74 Å². The Morgan fingerprint density at radius 1 is 1.36 bits per heavy atom. The van der Waals surface area contributed by atoms with Crippen molar-refractivity contribution in [1.82, 2.24) is 15.6 Å². The summed E-state index contributed by atoms with van der Waals surface area (Å²) in [5.74, 6) is 1.12. The van der Waals surface area contributed by atoms with Gasteiger partial charge in [0.25, 0.3) is 0 Å². The summed E-state index contributed by atoms with van der Waals surface area (Å²) in [6, 6.07) is 9.29. The number of halogens is 2. The summed E-state index contributed by atoms with van der Waals surface area (Å²) in [5.41, 5.74) is 0.753. The fourth-order valence-electron chi connectivity index (χ4n) is 2.77. The highest BCUT2D eigenvalue weighted by atomic mass is 127. The largest absolute Gasteiger partial charge is 0.439 e. The molecule has 0 amide bonds. The molecule has 1 aromatic heterocycles. The van der Waals surface area contributed by atoms with Crippen LogP contribution in [0.3, 0.4) is 0 Å². The van der Waals surface area contributed by atoms with Crippen LogP contribution in [0.5, 0.6) is 11.6 Å². The second-order valence-corrected chi connectivity index (χ2v) is 8.43. The van der Waals surface area contributed by atoms with Crippen LogP contribution in [0.2, 0.25) is 0 Å². The van der Waals surface area contributed by atoms with Crippen molar-refractivity contribution in [1.29, 1.82) is 0 Å². The smallest absolute Gasteiger partial charge is 0.224 e. The predicted molar refractivity (Wildman–Crippen MR) is 117 cm³/mol. The summed E-state index contributed by atoms with van der Waals surface area (Å²) in [5, 5.41) is 6.24. The Labute approximate surface area is 180 Å². The summed E-state index contributed by atoms with van der Waals surface area (Å²) in [6.07, 6.45) is 2.15. The molecule has 28 heavy (non-hydrogen) atoms. The third kappa shape index (κ3) is 6.30. The van der Waals surface area contributed by atoms with Crippen molar-refractivity contribution in [2.45, 2.75) is 19.0 Å². The van der Waals surface area contributed by atoms with E-state index < -0.39 is 9.84 Å². The first kappa shape index (κ1) is 22.3. The SMILES string of the molecule is CN=C(NCc1cccnc1Oc1cccc(F)c1)NC1CCS(=O)(=O)C1.I. The van der Waals surface area contributed by atoms with Crippen LogP contribution in [-0.4, -0.2) is 44.0 Å². The van der Waals surface area contributed by atoms with Gasteiger partial charge in [0.1, 0.15) is 11.6 Å². The monoisotopic (exact) mass is 520 g/mol. The summed E-state index contributed by atoms with van der Waals surface area (Å²) in [4.78, 5) is 8.33. The van der Waals surface area contributed by atoms with Gasteiger partial charge in [0.05, 0.1) is 11.5 Å². The van der Waals surface area contributed by atoms with Gasteiger partial charge in [-0.25, -0.2) is 17.8 Å². The number of aromatic nitrogens is 1. The normalized spacial score (nSPS) is 18.2. The van der Waals surface area contributed by atoms with E-state index in [2.05, 4.69) is 20.6 Å². The number of rotatable bonds is 5. The summed E-state index contributed by atoms with van der Waals surface area (Å²) >= 11 is 0. The number of hydrogen-bond acceptors (Lipinski definition) is 5. The van der Waals surface area contributed by atoms with E-state index in [0.717, 1.165) is 5.56 Å². The van der Waals surface area contributed by atoms with E-state index in [-0.39, 0.29) is 47.3 Å². The van der Waals surface area contributed by atoms with Gasteiger partial charge in [-0.05, 0) is 24.6 Å². The highest BCUT2D eigenvalue weighted by Gasteiger charge is 2.28. The van der Waals surface area contributed by atoms with Gasteiger partial charge in [-0.3, -0.25) is 4.99 Å². The molecule has 0 saturated carbocycles. The number of guanidine groups is 1. The fraction of sp³-hybridized carbons (Fsp3) is 0.333. The summed E-state index contributed by atoms with van der Waals surface area (Å²) < 4.78 is 42.2. The van der Waals surface area contributed by atoms with Crippen molar-refractivity contribution < 1.29 is 17.5 Å². The predicted octanol–water partition coefficient (Wildman–Crippen LogP) is 2.48. The molecule has 1 aromatic carbocycles. The molecule has 2 aromatic rings. The minimum atomic E-state index is -2.97. The van der Waals surface area contributed by atoms with Crippen molar-refractivity contribution >= 4 is 39.8 Å². The van der Waals surface area contributed by atoms with E-state index in [1.54, 1.807) is 31.4 Å². The van der Waals surface area contributed by atoms with E-state index in [1.165, 1.54) is 12.1 Å². The Bertz CT molecular complexity index is 940. The molecule has 10 heteroatoms. The molecule has 0 spiro atoms. The van der Waals surface area contributed by atoms with Gasteiger partial charge in [0.15, 0.2) is 15.8 Å². The number of benzene rings is 1. The van der Waals surface area contributed by atoms with E-state index in [9.17, 15) is 12.8 Å². The topological polar surface area (TPSA) is 92.7 Å².